The van der Waals surface area contributed by atoms with Crippen LogP contribution in [0.4, 0.5) is 0 Å². The molecule has 0 radical (unpaired) electrons. The summed E-state index contributed by atoms with van der Waals surface area (Å²) in [6.07, 6.45) is 3.55. The number of aromatic nitrogens is 1. The Labute approximate surface area is 89.9 Å². The summed E-state index contributed by atoms with van der Waals surface area (Å²) < 4.78 is 0. The average Bonchev–Trinajstić information content (AvgIpc) is 2.27. The van der Waals surface area contributed by atoms with Crippen molar-refractivity contribution in [3.8, 4) is 0 Å². The lowest BCUT2D eigenvalue weighted by atomic mass is 10.2. The van der Waals surface area contributed by atoms with E-state index in [-0.39, 0.29) is 11.9 Å². The van der Waals surface area contributed by atoms with Crippen molar-refractivity contribution in [2.45, 2.75) is 25.8 Å². The summed E-state index contributed by atoms with van der Waals surface area (Å²) >= 11 is 0. The average molecular weight is 207 g/mol. The van der Waals surface area contributed by atoms with Gasteiger partial charge in [0.1, 0.15) is 5.69 Å². The highest BCUT2D eigenvalue weighted by Crippen LogP contribution is 1.94. The molecule has 0 aliphatic rings. The molecule has 0 fully saturated rings. The quantitative estimate of drug-likeness (QED) is 0.755. The van der Waals surface area contributed by atoms with Gasteiger partial charge in [-0.3, -0.25) is 9.78 Å². The summed E-state index contributed by atoms with van der Waals surface area (Å²) in [5, 5.41) is 2.76. The van der Waals surface area contributed by atoms with Crippen LogP contribution in [0, 0.1) is 0 Å². The van der Waals surface area contributed by atoms with Gasteiger partial charge in [0.25, 0.3) is 5.91 Å². The number of amides is 1. The van der Waals surface area contributed by atoms with Gasteiger partial charge in [-0.05, 0) is 18.6 Å². The van der Waals surface area contributed by atoms with E-state index in [1.165, 1.54) is 0 Å². The number of nitrogens with zero attached hydrogens (tertiary/aromatic N) is 1. The van der Waals surface area contributed by atoms with E-state index in [0.29, 0.717) is 12.2 Å². The zero-order valence-electron chi connectivity index (χ0n) is 8.94. The van der Waals surface area contributed by atoms with Crippen molar-refractivity contribution in [3.05, 3.63) is 30.1 Å². The van der Waals surface area contributed by atoms with Crippen LogP contribution in [-0.2, 0) is 0 Å². The first-order valence-electron chi connectivity index (χ1n) is 5.19. The van der Waals surface area contributed by atoms with E-state index in [2.05, 4.69) is 17.2 Å². The van der Waals surface area contributed by atoms with Gasteiger partial charge in [0.05, 0.1) is 0 Å². The lowest BCUT2D eigenvalue weighted by molar-refractivity contribution is 0.0946. The van der Waals surface area contributed by atoms with Gasteiger partial charge in [-0.1, -0.05) is 19.4 Å². The van der Waals surface area contributed by atoms with Gasteiger partial charge < -0.3 is 11.1 Å². The fourth-order valence-corrected chi connectivity index (χ4v) is 1.28. The minimum Gasteiger partial charge on any atom is -0.349 e. The maximum Gasteiger partial charge on any atom is 0.269 e. The molecule has 3 N–H and O–H groups in total. The second-order valence-corrected chi connectivity index (χ2v) is 3.47. The molecule has 4 nitrogen and oxygen atoms in total. The fourth-order valence-electron chi connectivity index (χ4n) is 1.28. The molecule has 0 saturated heterocycles. The molecule has 0 aromatic carbocycles. The van der Waals surface area contributed by atoms with Gasteiger partial charge in [-0.25, -0.2) is 0 Å². The van der Waals surface area contributed by atoms with Crippen molar-refractivity contribution in [3.63, 3.8) is 0 Å². The SMILES string of the molecule is CCCC(N)CNC(=O)c1ccccn1. The topological polar surface area (TPSA) is 68.0 Å². The molecule has 0 aliphatic heterocycles. The van der Waals surface area contributed by atoms with Crippen LogP contribution in [0.3, 0.4) is 0 Å². The van der Waals surface area contributed by atoms with Crippen LogP contribution in [0.5, 0.6) is 0 Å². The first-order valence-corrected chi connectivity index (χ1v) is 5.19. The summed E-state index contributed by atoms with van der Waals surface area (Å²) in [5.74, 6) is -0.165. The Bertz CT molecular complexity index is 300. The van der Waals surface area contributed by atoms with Gasteiger partial charge in [0.15, 0.2) is 0 Å². The molecule has 1 aromatic heterocycles. The maximum absolute atomic E-state index is 11.5. The number of rotatable bonds is 5. The number of nitrogens with two attached hydrogens (primary N) is 1. The van der Waals surface area contributed by atoms with E-state index in [4.69, 9.17) is 5.73 Å². The van der Waals surface area contributed by atoms with E-state index in [1.54, 1.807) is 24.4 Å². The second-order valence-electron chi connectivity index (χ2n) is 3.47. The molecule has 1 amide bonds. The van der Waals surface area contributed by atoms with Gasteiger partial charge in [-0.2, -0.15) is 0 Å². The van der Waals surface area contributed by atoms with E-state index in [0.717, 1.165) is 12.8 Å². The monoisotopic (exact) mass is 207 g/mol. The molecule has 0 aliphatic carbocycles. The summed E-state index contributed by atoms with van der Waals surface area (Å²) in [7, 11) is 0. The van der Waals surface area contributed by atoms with Crippen LogP contribution in [-0.4, -0.2) is 23.5 Å². The van der Waals surface area contributed by atoms with Crippen LogP contribution in [0.25, 0.3) is 0 Å². The molecule has 1 atom stereocenters. The second kappa shape index (κ2) is 6.14. The molecule has 0 bridgehead atoms. The third-order valence-corrected chi connectivity index (χ3v) is 2.08. The maximum atomic E-state index is 11.5. The Morgan fingerprint density at radius 3 is 3.00 bits per heavy atom. The summed E-state index contributed by atoms with van der Waals surface area (Å²) in [6.45, 7) is 2.57. The van der Waals surface area contributed by atoms with Crippen LogP contribution in [0.2, 0.25) is 0 Å². The number of pyridine rings is 1. The Kier molecular flexibility index (Phi) is 4.77. The van der Waals surface area contributed by atoms with Gasteiger partial charge >= 0.3 is 0 Å². The van der Waals surface area contributed by atoms with Crippen molar-refractivity contribution in [1.29, 1.82) is 0 Å². The Balaban J connectivity index is 2.37. The molecule has 4 heteroatoms. The van der Waals surface area contributed by atoms with Crippen molar-refractivity contribution in [2.24, 2.45) is 5.73 Å². The minimum atomic E-state index is -0.165. The van der Waals surface area contributed by atoms with E-state index in [9.17, 15) is 4.79 Å². The van der Waals surface area contributed by atoms with E-state index < -0.39 is 0 Å². The summed E-state index contributed by atoms with van der Waals surface area (Å²) in [5.41, 5.74) is 6.21. The molecule has 1 rings (SSSR count). The molecule has 1 heterocycles. The highest BCUT2D eigenvalue weighted by molar-refractivity contribution is 5.92. The van der Waals surface area contributed by atoms with Crippen molar-refractivity contribution in [1.82, 2.24) is 10.3 Å². The number of hydrogen-bond donors (Lipinski definition) is 2. The minimum absolute atomic E-state index is 0.0302. The van der Waals surface area contributed by atoms with Gasteiger partial charge in [0.2, 0.25) is 0 Å². The zero-order chi connectivity index (χ0) is 11.1. The van der Waals surface area contributed by atoms with Crippen molar-refractivity contribution >= 4 is 5.91 Å². The standard InChI is InChI=1S/C11H17N3O/c1-2-5-9(12)8-14-11(15)10-6-3-4-7-13-10/h3-4,6-7,9H,2,5,8,12H2,1H3,(H,14,15). The Morgan fingerprint density at radius 1 is 1.60 bits per heavy atom. The lowest BCUT2D eigenvalue weighted by Gasteiger charge is -2.10. The summed E-state index contributed by atoms with van der Waals surface area (Å²) in [4.78, 5) is 15.5. The highest BCUT2D eigenvalue weighted by Gasteiger charge is 2.07. The first kappa shape index (κ1) is 11.7. The predicted octanol–water partition coefficient (Wildman–Crippen LogP) is 0.939. The molecule has 82 valence electrons. The molecule has 1 aromatic rings. The largest absolute Gasteiger partial charge is 0.349 e. The lowest BCUT2D eigenvalue weighted by Crippen LogP contribution is -2.37. The Hall–Kier alpha value is -1.42. The molecule has 15 heavy (non-hydrogen) atoms. The molecule has 0 saturated carbocycles. The normalized spacial score (nSPS) is 12.1. The van der Waals surface area contributed by atoms with Gasteiger partial charge in [-0.15, -0.1) is 0 Å². The predicted molar refractivity (Wildman–Crippen MR) is 59.5 cm³/mol. The third-order valence-electron chi connectivity index (χ3n) is 2.08. The van der Waals surface area contributed by atoms with Crippen LogP contribution in [0.1, 0.15) is 30.3 Å². The van der Waals surface area contributed by atoms with Gasteiger partial charge in [0, 0.05) is 18.8 Å². The van der Waals surface area contributed by atoms with E-state index in [1.807, 2.05) is 0 Å². The van der Waals surface area contributed by atoms with Crippen LogP contribution >= 0.6 is 0 Å². The first-order chi connectivity index (χ1) is 7.24. The fraction of sp³-hybridized carbons (Fsp3) is 0.455. The molecular formula is C11H17N3O. The van der Waals surface area contributed by atoms with E-state index >= 15 is 0 Å². The molecule has 1 unspecified atom stereocenters. The van der Waals surface area contributed by atoms with Crippen molar-refractivity contribution < 1.29 is 4.79 Å². The summed E-state index contributed by atoms with van der Waals surface area (Å²) in [6, 6.07) is 5.27. The zero-order valence-corrected chi connectivity index (χ0v) is 8.94. The number of carbonyl (C=O) groups excluding carboxylic acids is 1. The highest BCUT2D eigenvalue weighted by atomic mass is 16.1. The van der Waals surface area contributed by atoms with Crippen molar-refractivity contribution in [2.75, 3.05) is 6.54 Å². The van der Waals surface area contributed by atoms with Crippen LogP contribution < -0.4 is 11.1 Å². The number of hydrogen-bond acceptors (Lipinski definition) is 3. The molecular weight excluding hydrogens is 190 g/mol. The third kappa shape index (κ3) is 4.08. The smallest absolute Gasteiger partial charge is 0.269 e. The van der Waals surface area contributed by atoms with Crippen LogP contribution in [0.15, 0.2) is 24.4 Å². The number of nitrogens with one attached hydrogen (secondary N) is 1. The number of carbonyl (C=O) groups is 1. The Morgan fingerprint density at radius 2 is 2.40 bits per heavy atom. The molecule has 0 spiro atoms.